The fourth-order valence-corrected chi connectivity index (χ4v) is 3.53. The lowest BCUT2D eigenvalue weighted by Crippen LogP contribution is -2.44. The molecule has 0 spiro atoms. The number of carbonyl (C=O) groups is 1. The molecule has 1 amide bonds. The summed E-state index contributed by atoms with van der Waals surface area (Å²) >= 11 is 0. The van der Waals surface area contributed by atoms with Crippen molar-refractivity contribution in [1.82, 2.24) is 30.0 Å². The van der Waals surface area contributed by atoms with Crippen LogP contribution < -0.4 is 16.0 Å². The number of fused-ring (bicyclic) bond motifs is 1. The average molecular weight is 380 g/mol. The fourth-order valence-electron chi connectivity index (χ4n) is 3.53. The highest BCUT2D eigenvalue weighted by atomic mass is 16.2. The highest BCUT2D eigenvalue weighted by Crippen LogP contribution is 2.19. The smallest absolute Gasteiger partial charge is 0.289 e. The molecule has 1 atom stereocenters. The van der Waals surface area contributed by atoms with E-state index in [1.165, 1.54) is 0 Å². The van der Waals surface area contributed by atoms with E-state index in [0.29, 0.717) is 24.9 Å². The molecule has 146 valence electrons. The predicted molar refractivity (Wildman–Crippen MR) is 106 cm³/mol. The second-order valence-corrected chi connectivity index (χ2v) is 6.94. The molecule has 1 saturated heterocycles. The molecule has 4 rings (SSSR count). The molecule has 9 heteroatoms. The summed E-state index contributed by atoms with van der Waals surface area (Å²) in [6.45, 7) is 4.50. The number of nitrogens with zero attached hydrogens (tertiary/aromatic N) is 6. The second kappa shape index (κ2) is 7.89. The molecule has 9 nitrogen and oxygen atoms in total. The lowest BCUT2D eigenvalue weighted by Gasteiger charge is -2.31. The molecule has 4 heterocycles. The van der Waals surface area contributed by atoms with Gasteiger partial charge in [0.1, 0.15) is 0 Å². The fraction of sp³-hybridized carbons (Fsp3) is 0.421. The first-order valence-corrected chi connectivity index (χ1v) is 9.58. The largest absolute Gasteiger partial charge is 0.344 e. The zero-order valence-electron chi connectivity index (χ0n) is 15.9. The van der Waals surface area contributed by atoms with Gasteiger partial charge < -0.3 is 16.0 Å². The van der Waals surface area contributed by atoms with Gasteiger partial charge in [-0.3, -0.25) is 14.3 Å². The van der Waals surface area contributed by atoms with Gasteiger partial charge in [0.05, 0.1) is 23.3 Å². The Bertz CT molecular complexity index is 985. The normalized spacial score (nSPS) is 17.1. The molecule has 3 N–H and O–H groups in total. The first-order valence-electron chi connectivity index (χ1n) is 9.58. The van der Waals surface area contributed by atoms with Crippen LogP contribution in [0, 0.1) is 0 Å². The second-order valence-electron chi connectivity index (χ2n) is 6.94. The molecule has 0 saturated carbocycles. The van der Waals surface area contributed by atoms with Crippen LogP contribution in [-0.2, 0) is 13.1 Å². The first kappa shape index (κ1) is 18.3. The summed E-state index contributed by atoms with van der Waals surface area (Å²) in [6, 6.07) is 7.63. The number of anilines is 1. The number of nitrogens with one attached hydrogen (secondary N) is 1. The van der Waals surface area contributed by atoms with Gasteiger partial charge in [-0.1, -0.05) is 0 Å². The summed E-state index contributed by atoms with van der Waals surface area (Å²) in [5.74, 6) is 0.742. The Labute approximate surface area is 163 Å². The summed E-state index contributed by atoms with van der Waals surface area (Å²) < 4.78 is 1.84. The monoisotopic (exact) mass is 380 g/mol. The summed E-state index contributed by atoms with van der Waals surface area (Å²) in [4.78, 5) is 23.6. The number of hydrogen-bond donors (Lipinski definition) is 2. The van der Waals surface area contributed by atoms with Gasteiger partial charge in [-0.2, -0.15) is 0 Å². The Hall–Kier alpha value is -3.07. The Morgan fingerprint density at radius 3 is 3.00 bits per heavy atom. The van der Waals surface area contributed by atoms with E-state index in [1.807, 2.05) is 35.8 Å². The van der Waals surface area contributed by atoms with Crippen LogP contribution in [0.1, 0.15) is 36.1 Å². The van der Waals surface area contributed by atoms with E-state index in [9.17, 15) is 4.79 Å². The van der Waals surface area contributed by atoms with Crippen LogP contribution in [0.15, 0.2) is 30.5 Å². The summed E-state index contributed by atoms with van der Waals surface area (Å²) in [6.07, 6.45) is 3.76. The summed E-state index contributed by atoms with van der Waals surface area (Å²) in [7, 11) is 0. The third-order valence-corrected chi connectivity index (χ3v) is 4.94. The van der Waals surface area contributed by atoms with E-state index in [4.69, 9.17) is 5.73 Å². The zero-order valence-corrected chi connectivity index (χ0v) is 15.9. The third-order valence-electron chi connectivity index (χ3n) is 4.94. The van der Waals surface area contributed by atoms with Gasteiger partial charge in [0, 0.05) is 31.9 Å². The predicted octanol–water partition coefficient (Wildman–Crippen LogP) is 1.10. The molecule has 0 bridgehead atoms. The highest BCUT2D eigenvalue weighted by Gasteiger charge is 2.25. The van der Waals surface area contributed by atoms with E-state index in [-0.39, 0.29) is 11.9 Å². The van der Waals surface area contributed by atoms with Crippen LogP contribution in [0.2, 0.25) is 0 Å². The van der Waals surface area contributed by atoms with Crippen LogP contribution in [0.4, 0.5) is 5.95 Å². The van der Waals surface area contributed by atoms with Crippen molar-refractivity contribution < 1.29 is 4.79 Å². The number of aromatic nitrogens is 5. The van der Waals surface area contributed by atoms with Gasteiger partial charge in [-0.25, -0.2) is 4.98 Å². The average Bonchev–Trinajstić information content (AvgIpc) is 3.16. The van der Waals surface area contributed by atoms with E-state index in [0.717, 1.165) is 42.7 Å². The number of rotatable bonds is 5. The van der Waals surface area contributed by atoms with Gasteiger partial charge in [-0.15, -0.1) is 10.2 Å². The minimum absolute atomic E-state index is 0.126. The van der Waals surface area contributed by atoms with Crippen LogP contribution >= 0.6 is 0 Å². The molecular formula is C19H24N8O. The zero-order chi connectivity index (χ0) is 19.5. The van der Waals surface area contributed by atoms with Crippen molar-refractivity contribution >= 4 is 22.9 Å². The molecular weight excluding hydrogens is 356 g/mol. The van der Waals surface area contributed by atoms with Crippen LogP contribution in [-0.4, -0.2) is 49.8 Å². The van der Waals surface area contributed by atoms with Crippen molar-refractivity contribution in [3.8, 4) is 0 Å². The van der Waals surface area contributed by atoms with Crippen molar-refractivity contribution in [2.24, 2.45) is 5.73 Å². The number of hydrogen-bond acceptors (Lipinski definition) is 7. The summed E-state index contributed by atoms with van der Waals surface area (Å²) in [5.41, 5.74) is 8.47. The van der Waals surface area contributed by atoms with Crippen molar-refractivity contribution in [3.63, 3.8) is 0 Å². The van der Waals surface area contributed by atoms with Crippen molar-refractivity contribution in [2.75, 3.05) is 18.0 Å². The van der Waals surface area contributed by atoms with E-state index in [2.05, 4.69) is 30.4 Å². The lowest BCUT2D eigenvalue weighted by molar-refractivity contribution is 0.0935. The standard InChI is InChI=1S/C19H24N8O/c1-2-27-17(24-25-19(27)26-10-4-5-13(20)12-26)18(28)22-11-14-7-8-15-16(23-14)6-3-9-21-15/h3,6-9,13H,2,4-5,10-12,20H2,1H3,(H,22,28). The molecule has 3 aromatic heterocycles. The number of amides is 1. The maximum atomic E-state index is 12.7. The Kier molecular flexibility index (Phi) is 5.16. The van der Waals surface area contributed by atoms with Crippen LogP contribution in [0.5, 0.6) is 0 Å². The minimum atomic E-state index is -0.269. The molecule has 0 aliphatic carbocycles. The molecule has 1 unspecified atom stereocenters. The van der Waals surface area contributed by atoms with Gasteiger partial charge in [0.15, 0.2) is 0 Å². The quantitative estimate of drug-likeness (QED) is 0.681. The van der Waals surface area contributed by atoms with Crippen molar-refractivity contribution in [1.29, 1.82) is 0 Å². The van der Waals surface area contributed by atoms with Gasteiger partial charge in [0.2, 0.25) is 11.8 Å². The summed E-state index contributed by atoms with van der Waals surface area (Å²) in [5, 5.41) is 11.3. The number of pyridine rings is 2. The first-order chi connectivity index (χ1) is 13.7. The van der Waals surface area contributed by atoms with E-state index in [1.54, 1.807) is 6.20 Å². The SMILES string of the molecule is CCn1c(C(=O)NCc2ccc3ncccc3n2)nnc1N1CCCC(N)C1. The van der Waals surface area contributed by atoms with Crippen LogP contribution in [0.3, 0.4) is 0 Å². The third kappa shape index (κ3) is 3.65. The van der Waals surface area contributed by atoms with E-state index < -0.39 is 0 Å². The molecule has 28 heavy (non-hydrogen) atoms. The molecule has 0 radical (unpaired) electrons. The molecule has 0 aromatic carbocycles. The number of carbonyl (C=O) groups excluding carboxylic acids is 1. The number of nitrogens with two attached hydrogens (primary N) is 1. The van der Waals surface area contributed by atoms with Crippen molar-refractivity contribution in [3.05, 3.63) is 42.0 Å². The Morgan fingerprint density at radius 2 is 2.18 bits per heavy atom. The maximum absolute atomic E-state index is 12.7. The minimum Gasteiger partial charge on any atom is -0.344 e. The molecule has 1 aliphatic heterocycles. The lowest BCUT2D eigenvalue weighted by atomic mass is 10.1. The van der Waals surface area contributed by atoms with Gasteiger partial charge in [-0.05, 0) is 44.0 Å². The molecule has 1 aliphatic rings. The Morgan fingerprint density at radius 1 is 1.29 bits per heavy atom. The Balaban J connectivity index is 1.48. The highest BCUT2D eigenvalue weighted by molar-refractivity contribution is 5.91. The number of piperidine rings is 1. The maximum Gasteiger partial charge on any atom is 0.289 e. The van der Waals surface area contributed by atoms with E-state index >= 15 is 0 Å². The van der Waals surface area contributed by atoms with Gasteiger partial charge >= 0.3 is 0 Å². The topological polar surface area (TPSA) is 115 Å². The van der Waals surface area contributed by atoms with Gasteiger partial charge in [0.25, 0.3) is 5.91 Å². The molecule has 3 aromatic rings. The van der Waals surface area contributed by atoms with Crippen molar-refractivity contribution in [2.45, 2.75) is 38.9 Å². The molecule has 1 fully saturated rings. The van der Waals surface area contributed by atoms with Crippen LogP contribution in [0.25, 0.3) is 11.0 Å².